The molecule has 1 fully saturated rings. The van der Waals surface area contributed by atoms with Crippen LogP contribution in [0.15, 0.2) is 11.4 Å². The second-order valence-electron chi connectivity index (χ2n) is 4.90. The molecule has 17 heavy (non-hydrogen) atoms. The maximum atomic E-state index is 9.13. The lowest BCUT2D eigenvalue weighted by Crippen LogP contribution is -2.49. The van der Waals surface area contributed by atoms with Crippen LogP contribution in [0.25, 0.3) is 0 Å². The predicted octanol–water partition coefficient (Wildman–Crippen LogP) is 2.07. The standard InChI is InChI=1S/C13H18N2OS/c1-11-4-6-17-12(11)3-5-15(2)8-13(7-14)9-16-10-13/h4,6H,3,5,8-10H2,1-2H3. The molecule has 0 radical (unpaired) electrons. The van der Waals surface area contributed by atoms with Crippen LogP contribution in [0.5, 0.6) is 0 Å². The highest BCUT2D eigenvalue weighted by Gasteiger charge is 2.39. The molecule has 1 aromatic rings. The first-order chi connectivity index (χ1) is 8.15. The van der Waals surface area contributed by atoms with Crippen molar-refractivity contribution >= 4 is 11.3 Å². The van der Waals surface area contributed by atoms with Crippen LogP contribution in [0.1, 0.15) is 10.4 Å². The number of nitriles is 1. The molecule has 1 aromatic heterocycles. The molecule has 0 bridgehead atoms. The Balaban J connectivity index is 1.80. The first-order valence-corrected chi connectivity index (χ1v) is 6.74. The zero-order valence-electron chi connectivity index (χ0n) is 10.4. The molecule has 0 N–H and O–H groups in total. The maximum absolute atomic E-state index is 9.13. The van der Waals surface area contributed by atoms with Gasteiger partial charge in [-0.1, -0.05) is 0 Å². The normalized spacial score (nSPS) is 17.8. The molecule has 92 valence electrons. The Morgan fingerprint density at radius 3 is 2.82 bits per heavy atom. The van der Waals surface area contributed by atoms with Gasteiger partial charge in [0, 0.05) is 18.0 Å². The summed E-state index contributed by atoms with van der Waals surface area (Å²) in [7, 11) is 2.08. The van der Waals surface area contributed by atoms with Crippen LogP contribution >= 0.6 is 11.3 Å². The number of rotatable bonds is 5. The number of ether oxygens (including phenoxy) is 1. The molecule has 0 aliphatic carbocycles. The van der Waals surface area contributed by atoms with E-state index in [-0.39, 0.29) is 5.41 Å². The molecule has 0 unspecified atom stereocenters. The van der Waals surface area contributed by atoms with Gasteiger partial charge in [-0.05, 0) is 37.4 Å². The lowest BCUT2D eigenvalue weighted by Gasteiger charge is -2.37. The molecule has 0 saturated carbocycles. The Hall–Kier alpha value is -0.890. The van der Waals surface area contributed by atoms with Crippen molar-refractivity contribution in [2.75, 3.05) is 33.4 Å². The van der Waals surface area contributed by atoms with Crippen LogP contribution in [0.4, 0.5) is 0 Å². The third-order valence-electron chi connectivity index (χ3n) is 3.26. The second-order valence-corrected chi connectivity index (χ2v) is 5.90. The van der Waals surface area contributed by atoms with Gasteiger partial charge in [0.15, 0.2) is 0 Å². The highest BCUT2D eigenvalue weighted by molar-refractivity contribution is 7.10. The highest BCUT2D eigenvalue weighted by Crippen LogP contribution is 2.27. The summed E-state index contributed by atoms with van der Waals surface area (Å²) in [5.74, 6) is 0. The van der Waals surface area contributed by atoms with Gasteiger partial charge in [0.05, 0.1) is 19.3 Å². The number of aryl methyl sites for hydroxylation is 1. The molecule has 0 amide bonds. The molecule has 4 heteroatoms. The van der Waals surface area contributed by atoms with Crippen LogP contribution in [-0.2, 0) is 11.2 Å². The van der Waals surface area contributed by atoms with Gasteiger partial charge in [0.2, 0.25) is 0 Å². The Morgan fingerprint density at radius 1 is 1.59 bits per heavy atom. The molecule has 2 rings (SSSR count). The van der Waals surface area contributed by atoms with E-state index in [1.165, 1.54) is 10.4 Å². The number of thiophene rings is 1. The van der Waals surface area contributed by atoms with Crippen molar-refractivity contribution < 1.29 is 4.74 Å². The predicted molar refractivity (Wildman–Crippen MR) is 69.1 cm³/mol. The minimum atomic E-state index is -0.251. The lowest BCUT2D eigenvalue weighted by atomic mass is 9.87. The van der Waals surface area contributed by atoms with Crippen molar-refractivity contribution in [2.45, 2.75) is 13.3 Å². The van der Waals surface area contributed by atoms with E-state index >= 15 is 0 Å². The SMILES string of the molecule is Cc1ccsc1CCN(C)CC1(C#N)COC1. The van der Waals surface area contributed by atoms with Crippen LogP contribution in [-0.4, -0.2) is 38.3 Å². The molecule has 3 nitrogen and oxygen atoms in total. The Morgan fingerprint density at radius 2 is 2.35 bits per heavy atom. The topological polar surface area (TPSA) is 36.3 Å². The highest BCUT2D eigenvalue weighted by atomic mass is 32.1. The average molecular weight is 250 g/mol. The van der Waals surface area contributed by atoms with Gasteiger partial charge in [-0.15, -0.1) is 11.3 Å². The van der Waals surface area contributed by atoms with Crippen molar-refractivity contribution in [3.05, 3.63) is 21.9 Å². The monoisotopic (exact) mass is 250 g/mol. The summed E-state index contributed by atoms with van der Waals surface area (Å²) >= 11 is 1.82. The third kappa shape index (κ3) is 2.86. The minimum absolute atomic E-state index is 0.251. The largest absolute Gasteiger partial charge is 0.378 e. The van der Waals surface area contributed by atoms with Gasteiger partial charge in [0.25, 0.3) is 0 Å². The molecule has 1 aliphatic rings. The van der Waals surface area contributed by atoms with E-state index in [4.69, 9.17) is 10.00 Å². The van der Waals surface area contributed by atoms with Crippen LogP contribution in [0.2, 0.25) is 0 Å². The fourth-order valence-corrected chi connectivity index (χ4v) is 2.99. The third-order valence-corrected chi connectivity index (χ3v) is 4.34. The summed E-state index contributed by atoms with van der Waals surface area (Å²) < 4.78 is 5.15. The molecule has 0 spiro atoms. The molecule has 0 aromatic carbocycles. The Kier molecular flexibility index (Phi) is 3.82. The molecular weight excluding hydrogens is 232 g/mol. The maximum Gasteiger partial charge on any atom is 0.116 e. The Bertz CT molecular complexity index is 417. The van der Waals surface area contributed by atoms with Gasteiger partial charge in [-0.2, -0.15) is 5.26 Å². The number of hydrogen-bond donors (Lipinski definition) is 0. The van der Waals surface area contributed by atoms with E-state index in [2.05, 4.69) is 36.4 Å². The van der Waals surface area contributed by atoms with Gasteiger partial charge in [-0.3, -0.25) is 0 Å². The van der Waals surface area contributed by atoms with Gasteiger partial charge in [0.1, 0.15) is 5.41 Å². The molecule has 0 atom stereocenters. The first-order valence-electron chi connectivity index (χ1n) is 5.86. The molecule has 1 aliphatic heterocycles. The number of hydrogen-bond acceptors (Lipinski definition) is 4. The second kappa shape index (κ2) is 5.18. The minimum Gasteiger partial charge on any atom is -0.378 e. The molecule has 2 heterocycles. The average Bonchev–Trinajstić information content (AvgIpc) is 2.67. The van der Waals surface area contributed by atoms with E-state index in [1.54, 1.807) is 0 Å². The van der Waals surface area contributed by atoms with Crippen molar-refractivity contribution in [3.8, 4) is 6.07 Å². The lowest BCUT2D eigenvalue weighted by molar-refractivity contribution is -0.0886. The van der Waals surface area contributed by atoms with E-state index in [0.29, 0.717) is 13.2 Å². The van der Waals surface area contributed by atoms with E-state index < -0.39 is 0 Å². The quantitative estimate of drug-likeness (QED) is 0.802. The summed E-state index contributed by atoms with van der Waals surface area (Å²) in [6.45, 7) is 5.15. The zero-order chi connectivity index (χ0) is 12.3. The summed E-state index contributed by atoms with van der Waals surface area (Å²) in [5.41, 5.74) is 1.13. The smallest absolute Gasteiger partial charge is 0.116 e. The number of nitrogens with zero attached hydrogens (tertiary/aromatic N) is 2. The van der Waals surface area contributed by atoms with E-state index in [0.717, 1.165) is 19.5 Å². The van der Waals surface area contributed by atoms with Gasteiger partial charge >= 0.3 is 0 Å². The first kappa shape index (κ1) is 12.6. The van der Waals surface area contributed by atoms with Crippen LogP contribution in [0.3, 0.4) is 0 Å². The van der Waals surface area contributed by atoms with Gasteiger partial charge < -0.3 is 9.64 Å². The van der Waals surface area contributed by atoms with E-state index in [9.17, 15) is 0 Å². The van der Waals surface area contributed by atoms with Crippen LogP contribution < -0.4 is 0 Å². The molecular formula is C13H18N2OS. The van der Waals surface area contributed by atoms with Crippen molar-refractivity contribution in [1.29, 1.82) is 5.26 Å². The number of likely N-dealkylation sites (N-methyl/N-ethyl adjacent to an activating group) is 1. The fraction of sp³-hybridized carbons (Fsp3) is 0.615. The van der Waals surface area contributed by atoms with Gasteiger partial charge in [-0.25, -0.2) is 0 Å². The van der Waals surface area contributed by atoms with E-state index in [1.807, 2.05) is 11.3 Å². The van der Waals surface area contributed by atoms with Crippen molar-refractivity contribution in [3.63, 3.8) is 0 Å². The summed E-state index contributed by atoms with van der Waals surface area (Å²) in [4.78, 5) is 3.69. The van der Waals surface area contributed by atoms with Crippen LogP contribution in [0, 0.1) is 23.7 Å². The summed E-state index contributed by atoms with van der Waals surface area (Å²) in [6.07, 6.45) is 1.07. The zero-order valence-corrected chi connectivity index (χ0v) is 11.2. The van der Waals surface area contributed by atoms with Crippen molar-refractivity contribution in [1.82, 2.24) is 4.90 Å². The fourth-order valence-electron chi connectivity index (χ4n) is 2.09. The van der Waals surface area contributed by atoms with Crippen molar-refractivity contribution in [2.24, 2.45) is 5.41 Å². The summed E-state index contributed by atoms with van der Waals surface area (Å²) in [5, 5.41) is 11.3. The summed E-state index contributed by atoms with van der Waals surface area (Å²) in [6, 6.07) is 4.55. The Labute approximate surface area is 107 Å². The molecule has 1 saturated heterocycles.